The van der Waals surface area contributed by atoms with E-state index in [2.05, 4.69) is 21.2 Å². The van der Waals surface area contributed by atoms with Crippen molar-refractivity contribution in [2.75, 3.05) is 0 Å². The summed E-state index contributed by atoms with van der Waals surface area (Å²) in [6.45, 7) is 3.53. The fraction of sp³-hybridized carbons (Fsp3) is 0.385. The lowest BCUT2D eigenvalue weighted by atomic mass is 9.99. The SMILES string of the molecule is CCC(C)C(NC(=O)c1cc([N+](=O)[O-])ccc1Br)C(=O)O. The van der Waals surface area contributed by atoms with E-state index >= 15 is 0 Å². The van der Waals surface area contributed by atoms with Crippen LogP contribution in [0.1, 0.15) is 30.6 Å². The largest absolute Gasteiger partial charge is 0.480 e. The molecule has 1 aromatic carbocycles. The Bertz CT molecular complexity index is 576. The molecule has 0 saturated carbocycles. The summed E-state index contributed by atoms with van der Waals surface area (Å²) in [4.78, 5) is 33.5. The lowest BCUT2D eigenvalue weighted by Gasteiger charge is -2.20. The van der Waals surface area contributed by atoms with Crippen molar-refractivity contribution in [1.82, 2.24) is 5.32 Å². The summed E-state index contributed by atoms with van der Waals surface area (Å²) in [5, 5.41) is 22.3. The third-order valence-corrected chi connectivity index (χ3v) is 3.86. The smallest absolute Gasteiger partial charge is 0.326 e. The van der Waals surface area contributed by atoms with Crippen LogP contribution in [0.5, 0.6) is 0 Å². The zero-order valence-corrected chi connectivity index (χ0v) is 13.1. The zero-order valence-electron chi connectivity index (χ0n) is 11.5. The summed E-state index contributed by atoms with van der Waals surface area (Å²) in [5.41, 5.74) is -0.211. The molecule has 114 valence electrons. The van der Waals surface area contributed by atoms with Crippen molar-refractivity contribution in [3.63, 3.8) is 0 Å². The second kappa shape index (κ2) is 7.16. The van der Waals surface area contributed by atoms with Crippen LogP contribution in [0.4, 0.5) is 5.69 Å². The van der Waals surface area contributed by atoms with Gasteiger partial charge in [0.05, 0.1) is 10.5 Å². The molecule has 1 rings (SSSR count). The van der Waals surface area contributed by atoms with Crippen molar-refractivity contribution in [2.24, 2.45) is 5.92 Å². The van der Waals surface area contributed by atoms with Gasteiger partial charge < -0.3 is 10.4 Å². The summed E-state index contributed by atoms with van der Waals surface area (Å²) in [7, 11) is 0. The Morgan fingerprint density at radius 1 is 1.48 bits per heavy atom. The molecule has 2 unspecified atom stereocenters. The number of carbonyl (C=O) groups is 2. The van der Waals surface area contributed by atoms with Gasteiger partial charge in [0.2, 0.25) is 0 Å². The van der Waals surface area contributed by atoms with Crippen molar-refractivity contribution in [2.45, 2.75) is 26.3 Å². The van der Waals surface area contributed by atoms with E-state index in [1.165, 1.54) is 12.1 Å². The molecule has 2 atom stereocenters. The second-order valence-corrected chi connectivity index (χ2v) is 5.45. The van der Waals surface area contributed by atoms with Gasteiger partial charge in [-0.15, -0.1) is 0 Å². The van der Waals surface area contributed by atoms with Crippen LogP contribution in [0.15, 0.2) is 22.7 Å². The third-order valence-electron chi connectivity index (χ3n) is 3.17. The summed E-state index contributed by atoms with van der Waals surface area (Å²) in [5.74, 6) is -2.07. The molecular weight excluding hydrogens is 344 g/mol. The Hall–Kier alpha value is -1.96. The molecule has 8 heteroatoms. The maximum atomic E-state index is 12.1. The summed E-state index contributed by atoms with van der Waals surface area (Å²) >= 11 is 3.13. The Kier molecular flexibility index (Phi) is 5.83. The number of nitrogens with zero attached hydrogens (tertiary/aromatic N) is 1. The molecule has 0 radical (unpaired) electrons. The van der Waals surface area contributed by atoms with E-state index in [0.29, 0.717) is 10.9 Å². The molecule has 21 heavy (non-hydrogen) atoms. The van der Waals surface area contributed by atoms with E-state index < -0.39 is 22.8 Å². The Morgan fingerprint density at radius 3 is 2.57 bits per heavy atom. The first-order chi connectivity index (χ1) is 9.77. The molecule has 0 aliphatic rings. The molecule has 0 aromatic heterocycles. The van der Waals surface area contributed by atoms with E-state index in [1.807, 2.05) is 6.92 Å². The van der Waals surface area contributed by atoms with Crippen LogP contribution in [0.2, 0.25) is 0 Å². The number of nitro benzene ring substituents is 1. The third kappa shape index (κ3) is 4.25. The zero-order chi connectivity index (χ0) is 16.2. The number of non-ortho nitro benzene ring substituents is 1. The van der Waals surface area contributed by atoms with E-state index in [-0.39, 0.29) is 17.2 Å². The first kappa shape index (κ1) is 17.1. The number of nitrogens with one attached hydrogen (secondary N) is 1. The number of carboxylic acid groups (broad SMARTS) is 1. The predicted molar refractivity (Wildman–Crippen MR) is 79.1 cm³/mol. The monoisotopic (exact) mass is 358 g/mol. The van der Waals surface area contributed by atoms with Crippen LogP contribution >= 0.6 is 15.9 Å². The highest BCUT2D eigenvalue weighted by atomic mass is 79.9. The van der Waals surface area contributed by atoms with Crippen molar-refractivity contribution in [1.29, 1.82) is 0 Å². The number of rotatable bonds is 6. The lowest BCUT2D eigenvalue weighted by Crippen LogP contribution is -2.45. The van der Waals surface area contributed by atoms with Gasteiger partial charge in [0.1, 0.15) is 6.04 Å². The minimum absolute atomic E-state index is 0.0266. The Balaban J connectivity index is 3.05. The van der Waals surface area contributed by atoms with Gasteiger partial charge in [-0.05, 0) is 27.9 Å². The number of aliphatic carboxylic acids is 1. The van der Waals surface area contributed by atoms with Crippen molar-refractivity contribution in [3.05, 3.63) is 38.3 Å². The molecular formula is C13H15BrN2O5. The van der Waals surface area contributed by atoms with Gasteiger partial charge in [-0.1, -0.05) is 20.3 Å². The van der Waals surface area contributed by atoms with Crippen LogP contribution in [-0.2, 0) is 4.79 Å². The highest BCUT2D eigenvalue weighted by Crippen LogP contribution is 2.23. The molecule has 0 aliphatic heterocycles. The van der Waals surface area contributed by atoms with Crippen LogP contribution in [-0.4, -0.2) is 27.9 Å². The van der Waals surface area contributed by atoms with Gasteiger partial charge in [0.25, 0.3) is 11.6 Å². The van der Waals surface area contributed by atoms with Gasteiger partial charge in [0, 0.05) is 16.6 Å². The van der Waals surface area contributed by atoms with E-state index in [1.54, 1.807) is 6.92 Å². The van der Waals surface area contributed by atoms with E-state index in [0.717, 1.165) is 6.07 Å². The molecule has 1 amide bonds. The molecule has 0 fully saturated rings. The molecule has 7 nitrogen and oxygen atoms in total. The summed E-state index contributed by atoms with van der Waals surface area (Å²) in [6.07, 6.45) is 0.577. The highest BCUT2D eigenvalue weighted by molar-refractivity contribution is 9.10. The van der Waals surface area contributed by atoms with Crippen LogP contribution in [0, 0.1) is 16.0 Å². The number of hydrogen-bond acceptors (Lipinski definition) is 4. The number of hydrogen-bond donors (Lipinski definition) is 2. The van der Waals surface area contributed by atoms with Crippen molar-refractivity contribution < 1.29 is 19.6 Å². The number of amides is 1. The average Bonchev–Trinajstić information content (AvgIpc) is 2.43. The van der Waals surface area contributed by atoms with Crippen LogP contribution in [0.25, 0.3) is 0 Å². The quantitative estimate of drug-likeness (QED) is 0.599. The fourth-order valence-corrected chi connectivity index (χ4v) is 2.13. The minimum Gasteiger partial charge on any atom is -0.480 e. The average molecular weight is 359 g/mol. The van der Waals surface area contributed by atoms with E-state index in [4.69, 9.17) is 5.11 Å². The first-order valence-corrected chi connectivity index (χ1v) is 7.04. The second-order valence-electron chi connectivity index (χ2n) is 4.60. The number of benzene rings is 1. The Labute approximate surface area is 129 Å². The normalized spacial score (nSPS) is 13.3. The first-order valence-electron chi connectivity index (χ1n) is 6.25. The number of carbonyl (C=O) groups excluding carboxylic acids is 1. The summed E-state index contributed by atoms with van der Waals surface area (Å²) < 4.78 is 0.360. The van der Waals surface area contributed by atoms with Gasteiger partial charge in [-0.25, -0.2) is 4.79 Å². The van der Waals surface area contributed by atoms with Gasteiger partial charge >= 0.3 is 5.97 Å². The van der Waals surface area contributed by atoms with Crippen molar-refractivity contribution in [3.8, 4) is 0 Å². The lowest BCUT2D eigenvalue weighted by molar-refractivity contribution is -0.384. The Morgan fingerprint density at radius 2 is 2.10 bits per heavy atom. The highest BCUT2D eigenvalue weighted by Gasteiger charge is 2.27. The van der Waals surface area contributed by atoms with Crippen LogP contribution in [0.3, 0.4) is 0 Å². The molecule has 0 aliphatic carbocycles. The minimum atomic E-state index is -1.14. The molecule has 0 bridgehead atoms. The van der Waals surface area contributed by atoms with Gasteiger partial charge in [0.15, 0.2) is 0 Å². The summed E-state index contributed by atoms with van der Waals surface area (Å²) in [6, 6.07) is 2.69. The maximum Gasteiger partial charge on any atom is 0.326 e. The predicted octanol–water partition coefficient (Wildman–Crippen LogP) is 2.59. The molecule has 0 heterocycles. The van der Waals surface area contributed by atoms with Gasteiger partial charge in [-0.2, -0.15) is 0 Å². The molecule has 0 saturated heterocycles. The van der Waals surface area contributed by atoms with Crippen LogP contribution < -0.4 is 5.32 Å². The molecule has 1 aromatic rings. The fourth-order valence-electron chi connectivity index (χ4n) is 1.70. The maximum absolute atomic E-state index is 12.1. The topological polar surface area (TPSA) is 110 Å². The van der Waals surface area contributed by atoms with Crippen molar-refractivity contribution >= 4 is 33.5 Å². The van der Waals surface area contributed by atoms with E-state index in [9.17, 15) is 19.7 Å². The van der Waals surface area contributed by atoms with Gasteiger partial charge in [-0.3, -0.25) is 14.9 Å². The number of carboxylic acids is 1. The standard InChI is InChI=1S/C13H15BrN2O5/c1-3-7(2)11(13(18)19)15-12(17)9-6-8(16(20)21)4-5-10(9)14/h4-7,11H,3H2,1-2H3,(H,15,17)(H,18,19). The number of halogens is 1. The molecule has 2 N–H and O–H groups in total. The number of nitro groups is 1. The molecule has 0 spiro atoms.